The minimum atomic E-state index is -0.726. The zero-order valence-electron chi connectivity index (χ0n) is 16.3. The number of furan rings is 1. The number of aliphatic hydroxyl groups is 1. The summed E-state index contributed by atoms with van der Waals surface area (Å²) in [5.41, 5.74) is 1.12. The highest BCUT2D eigenvalue weighted by Gasteiger charge is 2.20. The maximum atomic E-state index is 10.1. The molecule has 1 fully saturated rings. The van der Waals surface area contributed by atoms with Gasteiger partial charge < -0.3 is 20.2 Å². The highest BCUT2D eigenvalue weighted by atomic mass is 127. The van der Waals surface area contributed by atoms with Crippen molar-refractivity contribution in [1.82, 2.24) is 20.5 Å². The zero-order chi connectivity index (χ0) is 18.9. The minimum Gasteiger partial charge on any atom is -0.467 e. The molecule has 8 heteroatoms. The standard InChI is InChI=1S/C20H29N5O2.HI/c1-2-21-20(23-14-18(26)19-7-5-13-27-19)24-16-8-11-25(12-9-16)15-17-6-3-4-10-22-17;/h3-7,10,13,16,18,26H,2,8-9,11-12,14-15H2,1H3,(H2,21,23,24);1H. The van der Waals surface area contributed by atoms with E-state index in [1.54, 1.807) is 18.4 Å². The smallest absolute Gasteiger partial charge is 0.191 e. The minimum absolute atomic E-state index is 0. The molecule has 2 aromatic rings. The number of halogens is 1. The molecule has 154 valence electrons. The van der Waals surface area contributed by atoms with Gasteiger partial charge in [-0.1, -0.05) is 6.07 Å². The lowest BCUT2D eigenvalue weighted by Crippen LogP contribution is -2.48. The van der Waals surface area contributed by atoms with E-state index >= 15 is 0 Å². The van der Waals surface area contributed by atoms with Crippen molar-refractivity contribution in [2.24, 2.45) is 4.99 Å². The predicted octanol–water partition coefficient (Wildman–Crippen LogP) is 2.55. The second kappa shape index (κ2) is 12.0. The second-order valence-electron chi connectivity index (χ2n) is 6.77. The van der Waals surface area contributed by atoms with Crippen molar-refractivity contribution in [3.05, 3.63) is 54.2 Å². The number of aliphatic hydroxyl groups excluding tert-OH is 1. The van der Waals surface area contributed by atoms with E-state index in [0.717, 1.165) is 50.7 Å². The number of likely N-dealkylation sites (tertiary alicyclic amines) is 1. The molecule has 0 amide bonds. The molecule has 3 N–H and O–H groups in total. The molecular formula is C20H30IN5O2. The van der Waals surface area contributed by atoms with Crippen LogP contribution in [0.15, 0.2) is 52.2 Å². The summed E-state index contributed by atoms with van der Waals surface area (Å²) in [6, 6.07) is 9.97. The van der Waals surface area contributed by atoms with E-state index in [-0.39, 0.29) is 30.5 Å². The fourth-order valence-corrected chi connectivity index (χ4v) is 3.22. The van der Waals surface area contributed by atoms with Crippen molar-refractivity contribution in [3.8, 4) is 0 Å². The van der Waals surface area contributed by atoms with Crippen molar-refractivity contribution in [2.75, 3.05) is 26.2 Å². The van der Waals surface area contributed by atoms with Crippen LogP contribution in [0.25, 0.3) is 0 Å². The molecule has 7 nitrogen and oxygen atoms in total. The molecule has 0 spiro atoms. The average Bonchev–Trinajstić information content (AvgIpc) is 3.23. The van der Waals surface area contributed by atoms with Crippen LogP contribution in [0, 0.1) is 0 Å². The van der Waals surface area contributed by atoms with E-state index in [4.69, 9.17) is 4.42 Å². The Labute approximate surface area is 183 Å². The summed E-state index contributed by atoms with van der Waals surface area (Å²) in [5, 5.41) is 16.9. The van der Waals surface area contributed by atoms with Gasteiger partial charge in [0.1, 0.15) is 11.9 Å². The molecule has 3 rings (SSSR count). The van der Waals surface area contributed by atoms with E-state index in [9.17, 15) is 5.11 Å². The Balaban J connectivity index is 0.00000280. The first-order valence-electron chi connectivity index (χ1n) is 9.63. The number of aliphatic imine (C=N–C) groups is 1. The maximum Gasteiger partial charge on any atom is 0.191 e. The number of nitrogens with zero attached hydrogens (tertiary/aromatic N) is 3. The van der Waals surface area contributed by atoms with Gasteiger partial charge in [0.15, 0.2) is 5.96 Å². The zero-order valence-corrected chi connectivity index (χ0v) is 18.6. The summed E-state index contributed by atoms with van der Waals surface area (Å²) < 4.78 is 5.23. The largest absolute Gasteiger partial charge is 0.467 e. The summed E-state index contributed by atoms with van der Waals surface area (Å²) >= 11 is 0. The first kappa shape index (κ1) is 22.6. The van der Waals surface area contributed by atoms with Crippen LogP contribution < -0.4 is 10.6 Å². The maximum absolute atomic E-state index is 10.1. The molecule has 0 bridgehead atoms. The topological polar surface area (TPSA) is 85.9 Å². The highest BCUT2D eigenvalue weighted by Crippen LogP contribution is 2.14. The monoisotopic (exact) mass is 499 g/mol. The molecule has 1 aliphatic heterocycles. The Morgan fingerprint density at radius 2 is 2.14 bits per heavy atom. The van der Waals surface area contributed by atoms with Gasteiger partial charge in [0.25, 0.3) is 0 Å². The Bertz CT molecular complexity index is 688. The number of guanidine groups is 1. The number of rotatable bonds is 7. The van der Waals surface area contributed by atoms with E-state index in [1.165, 1.54) is 0 Å². The number of aromatic nitrogens is 1. The number of piperidine rings is 1. The van der Waals surface area contributed by atoms with Gasteiger partial charge in [-0.25, -0.2) is 0 Å². The van der Waals surface area contributed by atoms with Crippen LogP contribution in [0.3, 0.4) is 0 Å². The van der Waals surface area contributed by atoms with Crippen molar-refractivity contribution < 1.29 is 9.52 Å². The lowest BCUT2D eigenvalue weighted by atomic mass is 10.0. The fraction of sp³-hybridized carbons (Fsp3) is 0.500. The SMILES string of the molecule is CCNC(=NCC(O)c1ccco1)NC1CCN(Cc2ccccn2)CC1.I. The number of pyridine rings is 1. The van der Waals surface area contributed by atoms with Crippen molar-refractivity contribution in [1.29, 1.82) is 0 Å². The molecular weight excluding hydrogens is 469 g/mol. The van der Waals surface area contributed by atoms with Gasteiger partial charge in [-0.05, 0) is 44.0 Å². The second-order valence-corrected chi connectivity index (χ2v) is 6.77. The normalized spacial score (nSPS) is 17.0. The average molecular weight is 499 g/mol. The Morgan fingerprint density at radius 1 is 1.32 bits per heavy atom. The molecule has 1 atom stereocenters. The summed E-state index contributed by atoms with van der Waals surface area (Å²) in [6.45, 7) is 6.04. The van der Waals surface area contributed by atoms with Gasteiger partial charge in [-0.2, -0.15) is 0 Å². The third-order valence-electron chi connectivity index (χ3n) is 4.68. The first-order valence-corrected chi connectivity index (χ1v) is 9.63. The Hall–Kier alpha value is -1.65. The number of hydrogen-bond acceptors (Lipinski definition) is 5. The van der Waals surface area contributed by atoms with Crippen molar-refractivity contribution >= 4 is 29.9 Å². The van der Waals surface area contributed by atoms with Crippen LogP contribution in [0.1, 0.15) is 37.3 Å². The van der Waals surface area contributed by atoms with Gasteiger partial charge >= 0.3 is 0 Å². The van der Waals surface area contributed by atoms with Crippen LogP contribution in [0.2, 0.25) is 0 Å². The molecule has 0 saturated carbocycles. The third-order valence-corrected chi connectivity index (χ3v) is 4.68. The molecule has 28 heavy (non-hydrogen) atoms. The lowest BCUT2D eigenvalue weighted by Gasteiger charge is -2.32. The quantitative estimate of drug-likeness (QED) is 0.309. The molecule has 0 aromatic carbocycles. The van der Waals surface area contributed by atoms with E-state index in [1.807, 2.05) is 25.3 Å². The summed E-state index contributed by atoms with van der Waals surface area (Å²) in [4.78, 5) is 11.4. The van der Waals surface area contributed by atoms with Gasteiger partial charge in [-0.3, -0.25) is 14.9 Å². The van der Waals surface area contributed by atoms with E-state index in [2.05, 4.69) is 31.6 Å². The molecule has 0 aliphatic carbocycles. The van der Waals surface area contributed by atoms with Gasteiger partial charge in [-0.15, -0.1) is 24.0 Å². The van der Waals surface area contributed by atoms with E-state index < -0.39 is 6.10 Å². The molecule has 1 saturated heterocycles. The fourth-order valence-electron chi connectivity index (χ4n) is 3.22. The van der Waals surface area contributed by atoms with Gasteiger partial charge in [0.2, 0.25) is 0 Å². The van der Waals surface area contributed by atoms with Crippen LogP contribution in [0.4, 0.5) is 0 Å². The highest BCUT2D eigenvalue weighted by molar-refractivity contribution is 14.0. The van der Waals surface area contributed by atoms with E-state index in [0.29, 0.717) is 11.8 Å². The van der Waals surface area contributed by atoms with Gasteiger partial charge in [0.05, 0.1) is 18.5 Å². The first-order chi connectivity index (χ1) is 13.2. The summed E-state index contributed by atoms with van der Waals surface area (Å²) in [7, 11) is 0. The summed E-state index contributed by atoms with van der Waals surface area (Å²) in [6.07, 6.45) is 4.79. The Kier molecular flexibility index (Phi) is 9.72. The van der Waals surface area contributed by atoms with Crippen LogP contribution in [-0.2, 0) is 6.54 Å². The number of nitrogens with one attached hydrogen (secondary N) is 2. The molecule has 0 radical (unpaired) electrons. The summed E-state index contributed by atoms with van der Waals surface area (Å²) in [5.74, 6) is 1.28. The lowest BCUT2D eigenvalue weighted by molar-refractivity contribution is 0.158. The number of hydrogen-bond donors (Lipinski definition) is 3. The third kappa shape index (κ3) is 7.06. The predicted molar refractivity (Wildman–Crippen MR) is 121 cm³/mol. The van der Waals surface area contributed by atoms with Gasteiger partial charge in [0, 0.05) is 38.4 Å². The van der Waals surface area contributed by atoms with Crippen molar-refractivity contribution in [3.63, 3.8) is 0 Å². The molecule has 2 aromatic heterocycles. The molecule has 1 unspecified atom stereocenters. The van der Waals surface area contributed by atoms with Crippen LogP contribution in [-0.4, -0.2) is 53.2 Å². The Morgan fingerprint density at radius 3 is 2.79 bits per heavy atom. The molecule has 1 aliphatic rings. The van der Waals surface area contributed by atoms with Crippen LogP contribution in [0.5, 0.6) is 0 Å². The molecule has 3 heterocycles. The van der Waals surface area contributed by atoms with Crippen molar-refractivity contribution in [2.45, 2.75) is 38.5 Å². The van der Waals surface area contributed by atoms with Crippen LogP contribution >= 0.6 is 24.0 Å².